The van der Waals surface area contributed by atoms with Crippen molar-refractivity contribution in [2.45, 2.75) is 19.7 Å². The van der Waals surface area contributed by atoms with Gasteiger partial charge in [0, 0.05) is 18.1 Å². The first-order valence-corrected chi connectivity index (χ1v) is 9.35. The molecule has 0 spiro atoms. The van der Waals surface area contributed by atoms with Crippen molar-refractivity contribution >= 4 is 34.8 Å². The van der Waals surface area contributed by atoms with Crippen LogP contribution in [-0.2, 0) is 19.7 Å². The summed E-state index contributed by atoms with van der Waals surface area (Å²) >= 11 is 18.1. The van der Waals surface area contributed by atoms with Gasteiger partial charge in [0.1, 0.15) is 12.4 Å². The third kappa shape index (κ3) is 5.39. The first kappa shape index (κ1) is 19.1. The fourth-order valence-electron chi connectivity index (χ4n) is 2.52. The zero-order valence-electron chi connectivity index (χ0n) is 14.0. The van der Waals surface area contributed by atoms with Gasteiger partial charge in [-0.1, -0.05) is 71.2 Å². The van der Waals surface area contributed by atoms with E-state index in [9.17, 15) is 0 Å². The van der Waals surface area contributed by atoms with E-state index in [2.05, 4.69) is 11.4 Å². The van der Waals surface area contributed by atoms with E-state index in [0.717, 1.165) is 34.0 Å². The maximum Gasteiger partial charge on any atom is 0.120 e. The zero-order valence-corrected chi connectivity index (χ0v) is 16.3. The smallest absolute Gasteiger partial charge is 0.120 e. The number of hydrogen-bond donors (Lipinski definition) is 1. The lowest BCUT2D eigenvalue weighted by Gasteiger charge is -2.10. The second kappa shape index (κ2) is 9.29. The number of ether oxygens (including phenoxy) is 1. The molecule has 0 saturated heterocycles. The summed E-state index contributed by atoms with van der Waals surface area (Å²) in [6, 6.07) is 21.3. The van der Waals surface area contributed by atoms with E-state index in [1.54, 1.807) is 6.07 Å². The van der Waals surface area contributed by atoms with Crippen molar-refractivity contribution in [2.75, 3.05) is 0 Å². The summed E-state index contributed by atoms with van der Waals surface area (Å²) in [5.74, 6) is 0.813. The van der Waals surface area contributed by atoms with Crippen LogP contribution in [0.2, 0.25) is 15.1 Å². The molecular weight excluding hydrogens is 389 g/mol. The number of benzene rings is 3. The van der Waals surface area contributed by atoms with E-state index in [0.29, 0.717) is 23.2 Å². The highest BCUT2D eigenvalue weighted by Gasteiger charge is 2.03. The Morgan fingerprint density at radius 1 is 0.692 bits per heavy atom. The minimum Gasteiger partial charge on any atom is -0.489 e. The molecule has 0 aromatic heterocycles. The van der Waals surface area contributed by atoms with E-state index >= 15 is 0 Å². The summed E-state index contributed by atoms with van der Waals surface area (Å²) in [6.45, 7) is 1.89. The normalized spacial score (nSPS) is 10.7. The van der Waals surface area contributed by atoms with Gasteiger partial charge >= 0.3 is 0 Å². The molecule has 0 bridgehead atoms. The molecule has 5 heteroatoms. The maximum atomic E-state index is 6.17. The summed E-state index contributed by atoms with van der Waals surface area (Å²) in [4.78, 5) is 0. The van der Waals surface area contributed by atoms with Crippen LogP contribution in [0.15, 0.2) is 66.7 Å². The van der Waals surface area contributed by atoms with Crippen molar-refractivity contribution in [3.05, 3.63) is 98.5 Å². The van der Waals surface area contributed by atoms with E-state index in [4.69, 9.17) is 39.5 Å². The Labute approximate surface area is 168 Å². The Morgan fingerprint density at radius 3 is 2.35 bits per heavy atom. The Kier molecular flexibility index (Phi) is 6.81. The lowest BCUT2D eigenvalue weighted by molar-refractivity contribution is 0.306. The molecule has 2 nitrogen and oxygen atoms in total. The average molecular weight is 407 g/mol. The maximum absolute atomic E-state index is 6.17. The van der Waals surface area contributed by atoms with Gasteiger partial charge in [0.2, 0.25) is 0 Å². The Hall–Kier alpha value is -1.71. The Balaban J connectivity index is 1.54. The van der Waals surface area contributed by atoms with Gasteiger partial charge in [0.15, 0.2) is 0 Å². The van der Waals surface area contributed by atoms with Gasteiger partial charge in [-0.25, -0.2) is 0 Å². The molecule has 0 unspecified atom stereocenters. The molecule has 3 aromatic carbocycles. The van der Waals surface area contributed by atoms with E-state index in [1.807, 2.05) is 54.6 Å². The predicted molar refractivity (Wildman–Crippen MR) is 109 cm³/mol. The molecule has 0 fully saturated rings. The molecule has 0 atom stereocenters. The standard InChI is InChI=1S/C21H18Cl3NO/c22-19-7-2-1-5-17(19)13-25-12-15-4-3-6-18(10-15)26-14-16-8-9-20(23)21(24)11-16/h1-11,25H,12-14H2. The molecule has 0 aliphatic rings. The van der Waals surface area contributed by atoms with Crippen molar-refractivity contribution in [1.29, 1.82) is 0 Å². The lowest BCUT2D eigenvalue weighted by atomic mass is 10.2. The minimum absolute atomic E-state index is 0.438. The van der Waals surface area contributed by atoms with E-state index in [-0.39, 0.29) is 0 Å². The van der Waals surface area contributed by atoms with Gasteiger partial charge in [-0.2, -0.15) is 0 Å². The van der Waals surface area contributed by atoms with Crippen LogP contribution >= 0.6 is 34.8 Å². The van der Waals surface area contributed by atoms with Gasteiger partial charge in [-0.15, -0.1) is 0 Å². The largest absolute Gasteiger partial charge is 0.489 e. The van der Waals surface area contributed by atoms with Gasteiger partial charge in [0.25, 0.3) is 0 Å². The van der Waals surface area contributed by atoms with Crippen LogP contribution in [0.4, 0.5) is 0 Å². The van der Waals surface area contributed by atoms with Gasteiger partial charge in [-0.05, 0) is 47.0 Å². The second-order valence-electron chi connectivity index (χ2n) is 5.88. The number of nitrogens with one attached hydrogen (secondary N) is 1. The molecule has 0 aliphatic heterocycles. The number of halogens is 3. The molecule has 134 valence electrons. The van der Waals surface area contributed by atoms with Crippen molar-refractivity contribution < 1.29 is 4.74 Å². The van der Waals surface area contributed by atoms with Crippen LogP contribution in [0.5, 0.6) is 5.75 Å². The van der Waals surface area contributed by atoms with Crippen LogP contribution in [0.3, 0.4) is 0 Å². The van der Waals surface area contributed by atoms with Crippen molar-refractivity contribution in [1.82, 2.24) is 5.32 Å². The third-order valence-electron chi connectivity index (χ3n) is 3.89. The summed E-state index contributed by atoms with van der Waals surface area (Å²) in [5.41, 5.74) is 3.20. The molecule has 1 N–H and O–H groups in total. The average Bonchev–Trinajstić information content (AvgIpc) is 2.65. The monoisotopic (exact) mass is 405 g/mol. The second-order valence-corrected chi connectivity index (χ2v) is 7.10. The topological polar surface area (TPSA) is 21.3 Å². The van der Waals surface area contributed by atoms with Crippen molar-refractivity contribution in [3.63, 3.8) is 0 Å². The zero-order chi connectivity index (χ0) is 18.4. The highest BCUT2D eigenvalue weighted by molar-refractivity contribution is 6.42. The summed E-state index contributed by atoms with van der Waals surface area (Å²) < 4.78 is 5.86. The molecule has 0 amide bonds. The number of hydrogen-bond acceptors (Lipinski definition) is 2. The summed E-state index contributed by atoms with van der Waals surface area (Å²) in [6.07, 6.45) is 0. The first-order chi connectivity index (χ1) is 12.6. The molecule has 0 aliphatic carbocycles. The lowest BCUT2D eigenvalue weighted by Crippen LogP contribution is -2.13. The van der Waals surface area contributed by atoms with E-state index in [1.165, 1.54) is 0 Å². The van der Waals surface area contributed by atoms with Crippen LogP contribution in [0, 0.1) is 0 Å². The molecule has 0 saturated carbocycles. The SMILES string of the molecule is Clc1ccc(COc2cccc(CNCc3ccccc3Cl)c2)cc1Cl. The van der Waals surface area contributed by atoms with Gasteiger partial charge < -0.3 is 10.1 Å². The van der Waals surface area contributed by atoms with E-state index < -0.39 is 0 Å². The number of rotatable bonds is 7. The molecule has 0 heterocycles. The van der Waals surface area contributed by atoms with Crippen LogP contribution in [0.1, 0.15) is 16.7 Å². The third-order valence-corrected chi connectivity index (χ3v) is 5.00. The quantitative estimate of drug-likeness (QED) is 0.482. The van der Waals surface area contributed by atoms with Gasteiger partial charge in [0.05, 0.1) is 10.0 Å². The molecular formula is C21H18Cl3NO. The summed E-state index contributed by atoms with van der Waals surface area (Å²) in [5, 5.41) is 5.25. The van der Waals surface area contributed by atoms with Crippen LogP contribution in [-0.4, -0.2) is 0 Å². The van der Waals surface area contributed by atoms with Crippen molar-refractivity contribution in [3.8, 4) is 5.75 Å². The fourth-order valence-corrected chi connectivity index (χ4v) is 3.05. The highest BCUT2D eigenvalue weighted by atomic mass is 35.5. The van der Waals surface area contributed by atoms with Gasteiger partial charge in [-0.3, -0.25) is 0 Å². The molecule has 0 radical (unpaired) electrons. The van der Waals surface area contributed by atoms with Crippen molar-refractivity contribution in [2.24, 2.45) is 0 Å². The Bertz CT molecular complexity index is 883. The highest BCUT2D eigenvalue weighted by Crippen LogP contribution is 2.23. The van der Waals surface area contributed by atoms with Crippen LogP contribution in [0.25, 0.3) is 0 Å². The molecule has 3 aromatic rings. The first-order valence-electron chi connectivity index (χ1n) is 8.21. The summed E-state index contributed by atoms with van der Waals surface area (Å²) in [7, 11) is 0. The fraction of sp³-hybridized carbons (Fsp3) is 0.143. The molecule has 26 heavy (non-hydrogen) atoms. The predicted octanol–water partition coefficient (Wildman–Crippen LogP) is 6.52. The minimum atomic E-state index is 0.438. The molecule has 3 rings (SSSR count). The van der Waals surface area contributed by atoms with Crippen LogP contribution < -0.4 is 10.1 Å². The Morgan fingerprint density at radius 2 is 1.54 bits per heavy atom.